The lowest BCUT2D eigenvalue weighted by molar-refractivity contribution is -0.191. The SMILES string of the molecule is C#CC(OC(=O)C(C(C)C)C(C)C=C(Cl)Cl)(Oc1ccccc1)c1cc2ccccc2cn1. The van der Waals surface area contributed by atoms with Crippen molar-refractivity contribution in [2.24, 2.45) is 17.8 Å². The number of esters is 1. The first-order valence-electron chi connectivity index (χ1n) is 10.6. The van der Waals surface area contributed by atoms with Gasteiger partial charge in [-0.1, -0.05) is 92.5 Å². The number of fused-ring (bicyclic) bond motifs is 1. The molecule has 1 heterocycles. The number of ether oxygens (including phenoxy) is 2. The lowest BCUT2D eigenvalue weighted by atomic mass is 9.84. The topological polar surface area (TPSA) is 48.4 Å². The number of para-hydroxylation sites is 1. The number of hydrogen-bond donors (Lipinski definition) is 0. The third kappa shape index (κ3) is 5.87. The lowest BCUT2D eigenvalue weighted by Gasteiger charge is -2.32. The molecule has 0 aliphatic heterocycles. The standard InChI is InChI=1S/C27H25Cl2NO3/c1-5-27(32-22-13-7-6-8-14-22,23-16-20-11-9-10-12-21(20)17-30-23)33-26(31)25(18(2)3)19(4)15-24(28)29/h1,6-19,25H,2-4H3. The van der Waals surface area contributed by atoms with Crippen molar-refractivity contribution >= 4 is 39.9 Å². The fourth-order valence-corrected chi connectivity index (χ4v) is 4.18. The molecule has 0 fully saturated rings. The molecule has 0 saturated carbocycles. The van der Waals surface area contributed by atoms with Crippen LogP contribution in [0.2, 0.25) is 0 Å². The summed E-state index contributed by atoms with van der Waals surface area (Å²) in [7, 11) is 0. The Morgan fingerprint density at radius 2 is 1.70 bits per heavy atom. The van der Waals surface area contributed by atoms with E-state index in [9.17, 15) is 4.79 Å². The first-order chi connectivity index (χ1) is 15.8. The molecule has 4 nitrogen and oxygen atoms in total. The fourth-order valence-electron chi connectivity index (χ4n) is 3.78. The van der Waals surface area contributed by atoms with Crippen molar-refractivity contribution in [3.63, 3.8) is 0 Å². The van der Waals surface area contributed by atoms with Crippen molar-refractivity contribution in [2.75, 3.05) is 0 Å². The molecular formula is C27H25Cl2NO3. The third-order valence-corrected chi connectivity index (χ3v) is 5.60. The van der Waals surface area contributed by atoms with E-state index in [4.69, 9.17) is 39.1 Å². The molecule has 3 unspecified atom stereocenters. The van der Waals surface area contributed by atoms with E-state index in [0.29, 0.717) is 11.4 Å². The van der Waals surface area contributed by atoms with Crippen LogP contribution in [0, 0.1) is 30.1 Å². The summed E-state index contributed by atoms with van der Waals surface area (Å²) in [4.78, 5) is 18.0. The number of nitrogens with zero attached hydrogens (tertiary/aromatic N) is 1. The monoisotopic (exact) mass is 481 g/mol. The summed E-state index contributed by atoms with van der Waals surface area (Å²) in [6, 6.07) is 18.4. The molecule has 0 aliphatic carbocycles. The van der Waals surface area contributed by atoms with Crippen LogP contribution < -0.4 is 4.74 Å². The van der Waals surface area contributed by atoms with Crippen LogP contribution in [-0.2, 0) is 15.3 Å². The van der Waals surface area contributed by atoms with Gasteiger partial charge in [0.2, 0.25) is 0 Å². The van der Waals surface area contributed by atoms with Crippen LogP contribution in [0.3, 0.4) is 0 Å². The second kappa shape index (κ2) is 10.7. The molecule has 0 spiro atoms. The van der Waals surface area contributed by atoms with Crippen LogP contribution in [-0.4, -0.2) is 11.0 Å². The normalized spacial score (nSPS) is 14.6. The summed E-state index contributed by atoms with van der Waals surface area (Å²) < 4.78 is 12.2. The number of hydrogen-bond acceptors (Lipinski definition) is 4. The minimum atomic E-state index is -1.87. The molecule has 2 aromatic carbocycles. The van der Waals surface area contributed by atoms with Gasteiger partial charge in [-0.2, -0.15) is 0 Å². The number of terminal acetylenes is 1. The van der Waals surface area contributed by atoms with Gasteiger partial charge >= 0.3 is 11.8 Å². The highest BCUT2D eigenvalue weighted by atomic mass is 35.5. The summed E-state index contributed by atoms with van der Waals surface area (Å²) in [6.45, 7) is 5.69. The van der Waals surface area contributed by atoms with Gasteiger partial charge in [0.15, 0.2) is 0 Å². The second-order valence-electron chi connectivity index (χ2n) is 8.10. The van der Waals surface area contributed by atoms with Gasteiger partial charge in [-0.05, 0) is 41.3 Å². The van der Waals surface area contributed by atoms with Gasteiger partial charge in [0.25, 0.3) is 0 Å². The molecular weight excluding hydrogens is 457 g/mol. The van der Waals surface area contributed by atoms with Gasteiger partial charge in [0.05, 0.1) is 5.92 Å². The largest absolute Gasteiger partial charge is 0.437 e. The fraction of sp³-hybridized carbons (Fsp3) is 0.259. The molecule has 33 heavy (non-hydrogen) atoms. The molecule has 6 heteroatoms. The minimum Gasteiger partial charge on any atom is -0.437 e. The average molecular weight is 482 g/mol. The Morgan fingerprint density at radius 3 is 2.30 bits per heavy atom. The highest BCUT2D eigenvalue weighted by molar-refractivity contribution is 6.55. The van der Waals surface area contributed by atoms with Crippen LogP contribution in [0.5, 0.6) is 5.75 Å². The molecule has 0 saturated heterocycles. The van der Waals surface area contributed by atoms with Crippen molar-refractivity contribution in [2.45, 2.75) is 26.6 Å². The van der Waals surface area contributed by atoms with Crippen LogP contribution in [0.15, 0.2) is 77.4 Å². The van der Waals surface area contributed by atoms with Gasteiger partial charge in [-0.25, -0.2) is 0 Å². The Balaban J connectivity index is 2.08. The van der Waals surface area contributed by atoms with E-state index in [2.05, 4.69) is 10.9 Å². The molecule has 3 atom stereocenters. The zero-order valence-electron chi connectivity index (χ0n) is 18.7. The van der Waals surface area contributed by atoms with Crippen LogP contribution in [0.25, 0.3) is 10.8 Å². The van der Waals surface area contributed by atoms with Crippen molar-refractivity contribution < 1.29 is 14.3 Å². The number of aromatic nitrogens is 1. The van der Waals surface area contributed by atoms with Gasteiger partial charge in [0, 0.05) is 11.6 Å². The number of halogens is 2. The van der Waals surface area contributed by atoms with E-state index in [1.807, 2.05) is 51.1 Å². The number of benzene rings is 2. The Bertz CT molecular complexity index is 1180. The van der Waals surface area contributed by atoms with Crippen molar-refractivity contribution in [1.82, 2.24) is 4.98 Å². The van der Waals surface area contributed by atoms with E-state index in [-0.39, 0.29) is 16.3 Å². The summed E-state index contributed by atoms with van der Waals surface area (Å²) in [6.07, 6.45) is 9.25. The average Bonchev–Trinajstić information content (AvgIpc) is 2.78. The lowest BCUT2D eigenvalue weighted by Crippen LogP contribution is -2.41. The Morgan fingerprint density at radius 1 is 1.06 bits per heavy atom. The zero-order chi connectivity index (χ0) is 24.0. The molecule has 0 bridgehead atoms. The molecule has 0 N–H and O–H groups in total. The zero-order valence-corrected chi connectivity index (χ0v) is 20.2. The molecule has 3 rings (SSSR count). The quantitative estimate of drug-likeness (QED) is 0.200. The highest BCUT2D eigenvalue weighted by Crippen LogP contribution is 2.34. The number of carbonyl (C=O) groups is 1. The third-order valence-electron chi connectivity index (χ3n) is 5.35. The number of allylic oxidation sites excluding steroid dienone is 1. The first-order valence-corrected chi connectivity index (χ1v) is 11.3. The summed E-state index contributed by atoms with van der Waals surface area (Å²) in [5, 5.41) is 1.81. The predicted octanol–water partition coefficient (Wildman–Crippen LogP) is 6.87. The van der Waals surface area contributed by atoms with Gasteiger partial charge in [-0.3, -0.25) is 9.78 Å². The van der Waals surface area contributed by atoms with E-state index < -0.39 is 17.7 Å². The number of pyridine rings is 1. The van der Waals surface area contributed by atoms with Crippen molar-refractivity contribution in [3.8, 4) is 18.1 Å². The van der Waals surface area contributed by atoms with Crippen LogP contribution in [0.1, 0.15) is 26.5 Å². The van der Waals surface area contributed by atoms with Gasteiger partial charge in [0.1, 0.15) is 15.9 Å². The van der Waals surface area contributed by atoms with Crippen LogP contribution >= 0.6 is 23.2 Å². The molecule has 1 aromatic heterocycles. The number of carbonyl (C=O) groups excluding carboxylic acids is 1. The van der Waals surface area contributed by atoms with Gasteiger partial charge < -0.3 is 9.47 Å². The summed E-state index contributed by atoms with van der Waals surface area (Å²) in [5.74, 6) is -0.344. The molecule has 3 aromatic rings. The summed E-state index contributed by atoms with van der Waals surface area (Å²) in [5.41, 5.74) is 0.294. The molecule has 0 amide bonds. The Kier molecular flexibility index (Phi) is 8.02. The highest BCUT2D eigenvalue weighted by Gasteiger charge is 2.42. The maximum Gasteiger partial charge on any atom is 0.364 e. The van der Waals surface area contributed by atoms with Gasteiger partial charge in [-0.15, -0.1) is 6.42 Å². The Hall–Kier alpha value is -3.00. The van der Waals surface area contributed by atoms with E-state index in [1.54, 1.807) is 42.6 Å². The van der Waals surface area contributed by atoms with Crippen molar-refractivity contribution in [1.29, 1.82) is 0 Å². The summed E-state index contributed by atoms with van der Waals surface area (Å²) >= 11 is 11.7. The van der Waals surface area contributed by atoms with E-state index >= 15 is 0 Å². The Labute approximate surface area is 204 Å². The molecule has 0 aliphatic rings. The smallest absolute Gasteiger partial charge is 0.364 e. The molecule has 0 radical (unpaired) electrons. The second-order valence-corrected chi connectivity index (χ2v) is 9.11. The number of rotatable bonds is 8. The van der Waals surface area contributed by atoms with E-state index in [1.165, 1.54) is 0 Å². The maximum atomic E-state index is 13.5. The minimum absolute atomic E-state index is 0.0757. The van der Waals surface area contributed by atoms with Crippen molar-refractivity contribution in [3.05, 3.63) is 83.1 Å². The molecule has 170 valence electrons. The van der Waals surface area contributed by atoms with E-state index in [0.717, 1.165) is 10.8 Å². The maximum absolute atomic E-state index is 13.5. The van der Waals surface area contributed by atoms with Crippen LogP contribution in [0.4, 0.5) is 0 Å². The first kappa shape index (κ1) is 24.6. The predicted molar refractivity (Wildman–Crippen MR) is 133 cm³/mol.